The van der Waals surface area contributed by atoms with E-state index in [-0.39, 0.29) is 26.1 Å². The molecule has 10 nitrogen and oxygen atoms in total. The van der Waals surface area contributed by atoms with Crippen LogP contribution in [0.5, 0.6) is 0 Å². The monoisotopic (exact) mass is 827 g/mol. The number of likely N-dealkylation sites (N-methyl/N-ethyl adjacent to an activating group) is 1. The van der Waals surface area contributed by atoms with Crippen molar-refractivity contribution in [2.45, 2.75) is 187 Å². The Kier molecular flexibility index (Phi) is 36.8. The summed E-state index contributed by atoms with van der Waals surface area (Å²) in [4.78, 5) is 35.4. The van der Waals surface area contributed by atoms with Crippen molar-refractivity contribution in [3.8, 4) is 0 Å². The molecule has 0 fully saturated rings. The number of allylic oxidation sites excluding steroid dienone is 7. The predicted molar refractivity (Wildman–Crippen MR) is 235 cm³/mol. The number of esters is 2. The fraction of sp³-hybridized carbons (Fsp3) is 0.783. The first kappa shape index (κ1) is 54.9. The van der Waals surface area contributed by atoms with E-state index in [2.05, 4.69) is 44.2 Å². The lowest BCUT2D eigenvalue weighted by Gasteiger charge is -2.24. The van der Waals surface area contributed by atoms with Gasteiger partial charge in [-0.2, -0.15) is 0 Å². The van der Waals surface area contributed by atoms with Gasteiger partial charge in [0.15, 0.2) is 6.10 Å². The number of unbranched alkanes of at least 4 members (excludes halogenated alkanes) is 17. The zero-order valence-corrected chi connectivity index (χ0v) is 37.8. The molecule has 332 valence electrons. The van der Waals surface area contributed by atoms with E-state index < -0.39 is 38.6 Å². The van der Waals surface area contributed by atoms with Crippen molar-refractivity contribution in [1.82, 2.24) is 0 Å². The predicted octanol–water partition coefficient (Wildman–Crippen LogP) is 11.7. The highest BCUT2D eigenvalue weighted by Gasteiger charge is 2.27. The third-order valence-corrected chi connectivity index (χ3v) is 10.4. The molecule has 0 aliphatic carbocycles. The smallest absolute Gasteiger partial charge is 0.462 e. The van der Waals surface area contributed by atoms with Gasteiger partial charge in [-0.25, -0.2) is 4.57 Å². The molecule has 0 aromatic rings. The van der Waals surface area contributed by atoms with Crippen LogP contribution in [-0.2, 0) is 32.7 Å². The maximum Gasteiger partial charge on any atom is 0.472 e. The lowest BCUT2D eigenvalue weighted by Crippen LogP contribution is -2.37. The summed E-state index contributed by atoms with van der Waals surface area (Å²) < 4.78 is 34.2. The molecule has 0 amide bonds. The van der Waals surface area contributed by atoms with Gasteiger partial charge in [0.1, 0.15) is 19.8 Å². The van der Waals surface area contributed by atoms with Crippen molar-refractivity contribution in [3.05, 3.63) is 48.6 Å². The minimum Gasteiger partial charge on any atom is -0.462 e. The maximum absolute atomic E-state index is 12.7. The van der Waals surface area contributed by atoms with Gasteiger partial charge in [-0.15, -0.1) is 0 Å². The number of carbonyl (C=O) groups excluding carboxylic acids is 2. The van der Waals surface area contributed by atoms with Crippen molar-refractivity contribution in [2.24, 2.45) is 0 Å². The SMILES string of the molecule is CC/C=C/C/C=C/C=C/C(O)CCCCCCCC(=O)OC[C@H](COP(=O)(O)OCC[N+](C)(C)C)OC(=O)CCCCCCCCC/C=C\CCCCCCCC. The zero-order chi connectivity index (χ0) is 42.3. The normalized spacial score (nSPS) is 14.6. The quantitative estimate of drug-likeness (QED) is 0.0155. The first-order valence-corrected chi connectivity index (χ1v) is 24.0. The molecule has 0 aromatic carbocycles. The molecule has 0 aromatic heterocycles. The van der Waals surface area contributed by atoms with Gasteiger partial charge in [-0.05, 0) is 57.8 Å². The second-order valence-corrected chi connectivity index (χ2v) is 17.7. The van der Waals surface area contributed by atoms with E-state index in [1.54, 1.807) is 0 Å². The summed E-state index contributed by atoms with van der Waals surface area (Å²) >= 11 is 0. The first-order chi connectivity index (χ1) is 27.4. The lowest BCUT2D eigenvalue weighted by molar-refractivity contribution is -0.870. The topological polar surface area (TPSA) is 129 Å². The molecule has 0 spiro atoms. The number of carbonyl (C=O) groups is 2. The van der Waals surface area contributed by atoms with Crippen LogP contribution in [0, 0.1) is 0 Å². The van der Waals surface area contributed by atoms with Gasteiger partial charge in [0.25, 0.3) is 0 Å². The van der Waals surface area contributed by atoms with Crippen molar-refractivity contribution < 1.29 is 47.2 Å². The molecule has 0 aliphatic rings. The fourth-order valence-corrected chi connectivity index (χ4v) is 6.64. The van der Waals surface area contributed by atoms with Crippen LogP contribution < -0.4 is 0 Å². The number of aliphatic hydroxyl groups excluding tert-OH is 1. The minimum absolute atomic E-state index is 0.0136. The van der Waals surface area contributed by atoms with Gasteiger partial charge in [0.05, 0.1) is 33.9 Å². The summed E-state index contributed by atoms with van der Waals surface area (Å²) in [6.07, 6.45) is 40.3. The Labute approximate surface area is 348 Å². The molecule has 3 atom stereocenters. The Morgan fingerprint density at radius 1 is 0.649 bits per heavy atom. The Balaban J connectivity index is 4.43. The van der Waals surface area contributed by atoms with Crippen molar-refractivity contribution in [1.29, 1.82) is 0 Å². The summed E-state index contributed by atoms with van der Waals surface area (Å²) in [5, 5.41) is 10.1. The van der Waals surface area contributed by atoms with Crippen LogP contribution in [0.2, 0.25) is 0 Å². The molecule has 0 saturated heterocycles. The van der Waals surface area contributed by atoms with E-state index in [0.717, 1.165) is 64.2 Å². The van der Waals surface area contributed by atoms with Crippen molar-refractivity contribution in [3.63, 3.8) is 0 Å². The van der Waals surface area contributed by atoms with Gasteiger partial charge < -0.3 is 24.0 Å². The number of hydrogen-bond donors (Lipinski definition) is 2. The summed E-state index contributed by atoms with van der Waals surface area (Å²) in [7, 11) is 1.41. The van der Waals surface area contributed by atoms with Gasteiger partial charge in [0.2, 0.25) is 0 Å². The molecule has 0 heterocycles. The molecule has 0 aliphatic heterocycles. The molecule has 0 bridgehead atoms. The Bertz CT molecular complexity index is 1130. The molecule has 0 saturated carbocycles. The van der Waals surface area contributed by atoms with Crippen LogP contribution in [-0.4, -0.2) is 86.1 Å². The third kappa shape index (κ3) is 41.9. The van der Waals surface area contributed by atoms with E-state index in [1.807, 2.05) is 39.4 Å². The van der Waals surface area contributed by atoms with Crippen LogP contribution in [0.1, 0.15) is 174 Å². The van der Waals surface area contributed by atoms with Crippen LogP contribution in [0.25, 0.3) is 0 Å². The second-order valence-electron chi connectivity index (χ2n) is 16.2. The second kappa shape index (κ2) is 38.2. The Morgan fingerprint density at radius 3 is 1.81 bits per heavy atom. The van der Waals surface area contributed by atoms with Crippen molar-refractivity contribution >= 4 is 19.8 Å². The summed E-state index contributed by atoms with van der Waals surface area (Å²) in [5.41, 5.74) is 0. The van der Waals surface area contributed by atoms with E-state index >= 15 is 0 Å². The Hall–Kier alpha value is -2.07. The highest BCUT2D eigenvalue weighted by atomic mass is 31.2. The molecular formula is C46H85NO9P+. The van der Waals surface area contributed by atoms with Gasteiger partial charge in [-0.3, -0.25) is 18.6 Å². The van der Waals surface area contributed by atoms with Crippen LogP contribution in [0.15, 0.2) is 48.6 Å². The summed E-state index contributed by atoms with van der Waals surface area (Å²) in [6.45, 7) is 4.17. The highest BCUT2D eigenvalue weighted by molar-refractivity contribution is 7.47. The highest BCUT2D eigenvalue weighted by Crippen LogP contribution is 2.43. The van der Waals surface area contributed by atoms with Gasteiger partial charge >= 0.3 is 19.8 Å². The average Bonchev–Trinajstić information content (AvgIpc) is 3.15. The van der Waals surface area contributed by atoms with Gasteiger partial charge in [-0.1, -0.05) is 152 Å². The van der Waals surface area contributed by atoms with Crippen LogP contribution >= 0.6 is 7.82 Å². The first-order valence-electron chi connectivity index (χ1n) is 22.5. The Morgan fingerprint density at radius 2 is 1.21 bits per heavy atom. The molecule has 11 heteroatoms. The van der Waals surface area contributed by atoms with Gasteiger partial charge in [0, 0.05) is 12.8 Å². The third-order valence-electron chi connectivity index (χ3n) is 9.45. The molecule has 0 radical (unpaired) electrons. The van der Waals surface area contributed by atoms with Crippen LogP contribution in [0.4, 0.5) is 0 Å². The largest absolute Gasteiger partial charge is 0.472 e. The van der Waals surface area contributed by atoms with Crippen molar-refractivity contribution in [2.75, 3.05) is 47.5 Å². The molecule has 0 rings (SSSR count). The standard InChI is InChI=1S/C46H84NO9P/c1-6-8-10-12-14-15-16-17-18-19-20-21-22-23-25-29-34-38-46(50)56-44(42-55-57(51,52)54-40-39-47(3,4)5)41-53-45(49)37-33-30-26-28-32-36-43(48)35-31-27-24-13-11-9-7-2/h9,11,17-18,24,27,31,35,43-44,48H,6-8,10,12-16,19-23,25-26,28-30,32-34,36-42H2,1-5H3/p+1/b11-9+,18-17-,27-24+,35-31+/t43?,44-/m1/s1. The molecular weight excluding hydrogens is 741 g/mol. The number of aliphatic hydroxyl groups is 1. The number of nitrogens with zero attached hydrogens (tertiary/aromatic N) is 1. The number of ether oxygens (including phenoxy) is 2. The lowest BCUT2D eigenvalue weighted by atomic mass is 10.1. The summed E-state index contributed by atoms with van der Waals surface area (Å²) in [6, 6.07) is 0. The zero-order valence-electron chi connectivity index (χ0n) is 36.9. The van der Waals surface area contributed by atoms with E-state index in [4.69, 9.17) is 18.5 Å². The number of rotatable bonds is 40. The van der Waals surface area contributed by atoms with E-state index in [1.165, 1.54) is 64.2 Å². The molecule has 57 heavy (non-hydrogen) atoms. The minimum atomic E-state index is -4.40. The molecule has 2 unspecified atom stereocenters. The van der Waals surface area contributed by atoms with Crippen LogP contribution in [0.3, 0.4) is 0 Å². The number of quaternary nitrogens is 1. The van der Waals surface area contributed by atoms with E-state index in [0.29, 0.717) is 30.3 Å². The number of phosphoric acid groups is 1. The number of hydrogen-bond acceptors (Lipinski definition) is 8. The number of phosphoric ester groups is 1. The van der Waals surface area contributed by atoms with E-state index in [9.17, 15) is 24.2 Å². The summed E-state index contributed by atoms with van der Waals surface area (Å²) in [5.74, 6) is -0.881. The molecule has 2 N–H and O–H groups in total. The average molecular weight is 827 g/mol. The fourth-order valence-electron chi connectivity index (χ4n) is 5.90. The maximum atomic E-state index is 12.7.